The Morgan fingerprint density at radius 1 is 1.50 bits per heavy atom. The lowest BCUT2D eigenvalue weighted by Crippen LogP contribution is -1.73. The molecule has 0 aliphatic rings. The maximum Gasteiger partial charge on any atom is 0.386 e. The molecule has 0 saturated heterocycles. The molecule has 0 aromatic carbocycles. The zero-order chi connectivity index (χ0) is 8.04. The van der Waals surface area contributed by atoms with E-state index < -0.39 is 7.60 Å². The number of allylic oxidation sites excluding steroid dienone is 1. The van der Waals surface area contributed by atoms with E-state index in [1.165, 1.54) is 5.82 Å². The molecule has 6 heteroatoms. The van der Waals surface area contributed by atoms with Gasteiger partial charge < -0.3 is 0 Å². The second-order valence-corrected chi connectivity index (χ2v) is 3.95. The molecule has 0 atom stereocenters. The largest absolute Gasteiger partial charge is 0.386 e. The zero-order valence-electron chi connectivity index (χ0n) is 5.29. The Morgan fingerprint density at radius 2 is 2.00 bits per heavy atom. The van der Waals surface area contributed by atoms with E-state index in [4.69, 9.17) is 23.7 Å². The molecule has 0 radical (unpaired) electrons. The normalized spacial score (nSPS) is 12.7. The van der Waals surface area contributed by atoms with E-state index in [0.717, 1.165) is 0 Å². The highest BCUT2D eigenvalue weighted by Crippen LogP contribution is 2.52. The maximum atomic E-state index is 10.9. The van der Waals surface area contributed by atoms with Crippen molar-refractivity contribution in [3.8, 4) is 0 Å². The zero-order valence-corrected chi connectivity index (χ0v) is 7.70. The van der Waals surface area contributed by atoms with Crippen LogP contribution in [0, 0.1) is 0 Å². The molecule has 10 heavy (non-hydrogen) atoms. The molecule has 0 rings (SSSR count). The monoisotopic (exact) mass is 204 g/mol. The minimum absolute atomic E-state index is 0.713. The van der Waals surface area contributed by atoms with Crippen molar-refractivity contribution in [3.63, 3.8) is 0 Å². The molecule has 0 amide bonds. The van der Waals surface area contributed by atoms with Gasteiger partial charge >= 0.3 is 7.60 Å². The Balaban J connectivity index is 4.07. The van der Waals surface area contributed by atoms with Crippen molar-refractivity contribution in [2.45, 2.75) is 13.3 Å². The van der Waals surface area contributed by atoms with Crippen LogP contribution in [0.3, 0.4) is 0 Å². The van der Waals surface area contributed by atoms with E-state index >= 15 is 0 Å². The summed E-state index contributed by atoms with van der Waals surface area (Å²) in [4.78, 5) is 0. The third-order valence-electron chi connectivity index (χ3n) is 0.716. The molecule has 0 aliphatic heterocycles. The molecule has 60 valence electrons. The van der Waals surface area contributed by atoms with Crippen molar-refractivity contribution in [3.05, 3.63) is 11.9 Å². The highest BCUT2D eigenvalue weighted by Gasteiger charge is 2.19. The first-order chi connectivity index (χ1) is 4.68. The van der Waals surface area contributed by atoms with Crippen LogP contribution in [0.15, 0.2) is 11.9 Å². The van der Waals surface area contributed by atoms with Gasteiger partial charge in [0.1, 0.15) is 0 Å². The van der Waals surface area contributed by atoms with Gasteiger partial charge in [-0.15, -0.1) is 0 Å². The Kier molecular flexibility index (Phi) is 5.41. The first-order valence-electron chi connectivity index (χ1n) is 2.56. The van der Waals surface area contributed by atoms with Crippen LogP contribution < -0.4 is 0 Å². The fraction of sp³-hybridized carbons (Fsp3) is 0.500. The van der Waals surface area contributed by atoms with Crippen LogP contribution in [0.25, 0.3) is 0 Å². The minimum Gasteiger partial charge on any atom is -0.252 e. The van der Waals surface area contributed by atoms with E-state index in [0.29, 0.717) is 6.42 Å². The van der Waals surface area contributed by atoms with Gasteiger partial charge in [-0.25, -0.2) is 0 Å². The van der Waals surface area contributed by atoms with Gasteiger partial charge in [0.2, 0.25) is 0 Å². The van der Waals surface area contributed by atoms with Crippen molar-refractivity contribution in [2.75, 3.05) is 0 Å². The summed E-state index contributed by atoms with van der Waals surface area (Å²) in [5.41, 5.74) is 0. The van der Waals surface area contributed by atoms with Crippen LogP contribution in [0.4, 0.5) is 0 Å². The van der Waals surface area contributed by atoms with E-state index in [1.54, 1.807) is 6.08 Å². The Morgan fingerprint density at radius 3 is 2.30 bits per heavy atom. The molecular weight excluding hydrogens is 198 g/mol. The van der Waals surface area contributed by atoms with E-state index in [1.807, 2.05) is 6.92 Å². The van der Waals surface area contributed by atoms with Crippen LogP contribution in [0.1, 0.15) is 13.3 Å². The molecule has 0 fully saturated rings. The Hall–Kier alpha value is 0.470. The van der Waals surface area contributed by atoms with Crippen LogP contribution in [-0.4, -0.2) is 0 Å². The fourth-order valence-electron chi connectivity index (χ4n) is 0.291. The summed E-state index contributed by atoms with van der Waals surface area (Å²) in [5.74, 6) is 1.20. The molecule has 3 nitrogen and oxygen atoms in total. The van der Waals surface area contributed by atoms with E-state index in [2.05, 4.69) is 8.15 Å². The predicted molar refractivity (Wildman–Crippen MR) is 40.9 cm³/mol. The lowest BCUT2D eigenvalue weighted by Gasteiger charge is -2.01. The van der Waals surface area contributed by atoms with E-state index in [-0.39, 0.29) is 0 Å². The quantitative estimate of drug-likeness (QED) is 0.659. The summed E-state index contributed by atoms with van der Waals surface area (Å²) >= 11 is 9.64. The standard InChI is InChI=1S/C4H7Cl2O3P/c1-2-3-4-10(7,8-5)9-6/h3-4H,2H2,1H3. The van der Waals surface area contributed by atoms with Gasteiger partial charge in [-0.1, -0.05) is 13.0 Å². The van der Waals surface area contributed by atoms with Gasteiger partial charge in [0.25, 0.3) is 0 Å². The van der Waals surface area contributed by atoms with Gasteiger partial charge in [0.15, 0.2) is 0 Å². The molecule has 0 spiro atoms. The lowest BCUT2D eigenvalue weighted by molar-refractivity contribution is 0.429. The van der Waals surface area contributed by atoms with Crippen molar-refractivity contribution in [1.82, 2.24) is 0 Å². The van der Waals surface area contributed by atoms with Gasteiger partial charge in [-0.3, -0.25) is 4.57 Å². The summed E-state index contributed by atoms with van der Waals surface area (Å²) in [7, 11) is -3.35. The molecule has 0 N–H and O–H groups in total. The highest BCUT2D eigenvalue weighted by molar-refractivity contribution is 7.58. The average molecular weight is 205 g/mol. The topological polar surface area (TPSA) is 35.5 Å². The first kappa shape index (κ1) is 10.5. The Labute approximate surface area is 69.8 Å². The summed E-state index contributed by atoms with van der Waals surface area (Å²) in [5, 5.41) is 0. The third-order valence-corrected chi connectivity index (χ3v) is 2.83. The number of hydrogen-bond donors (Lipinski definition) is 0. The van der Waals surface area contributed by atoms with Crippen molar-refractivity contribution < 1.29 is 12.7 Å². The highest BCUT2D eigenvalue weighted by atomic mass is 35.5. The van der Waals surface area contributed by atoms with E-state index in [9.17, 15) is 4.57 Å². The summed E-state index contributed by atoms with van der Waals surface area (Å²) in [6, 6.07) is 0. The van der Waals surface area contributed by atoms with Crippen LogP contribution >= 0.6 is 31.3 Å². The van der Waals surface area contributed by atoms with Crippen LogP contribution in [0.5, 0.6) is 0 Å². The van der Waals surface area contributed by atoms with Crippen molar-refractivity contribution >= 4 is 31.3 Å². The molecule has 0 aromatic heterocycles. The predicted octanol–water partition coefficient (Wildman–Crippen LogP) is 3.44. The molecule has 0 heterocycles. The molecule has 0 aromatic rings. The fourth-order valence-corrected chi connectivity index (χ4v) is 1.41. The molecule has 0 aliphatic carbocycles. The van der Waals surface area contributed by atoms with Crippen LogP contribution in [-0.2, 0) is 12.7 Å². The average Bonchev–Trinajstić information content (AvgIpc) is 2.00. The Bertz CT molecular complexity index is 151. The maximum absolute atomic E-state index is 10.9. The molecular formula is C4H7Cl2O3P. The lowest BCUT2D eigenvalue weighted by atomic mass is 10.5. The molecule has 0 saturated carbocycles. The van der Waals surface area contributed by atoms with Gasteiger partial charge in [0.05, 0.1) is 23.7 Å². The summed E-state index contributed by atoms with van der Waals surface area (Å²) in [6.07, 6.45) is 2.30. The first-order valence-corrected chi connectivity index (χ1v) is 4.79. The third kappa shape index (κ3) is 3.59. The number of rotatable bonds is 4. The van der Waals surface area contributed by atoms with Crippen molar-refractivity contribution in [2.24, 2.45) is 0 Å². The van der Waals surface area contributed by atoms with Gasteiger partial charge in [0, 0.05) is 5.82 Å². The van der Waals surface area contributed by atoms with Gasteiger partial charge in [-0.2, -0.15) is 8.15 Å². The summed E-state index contributed by atoms with van der Waals surface area (Å²) in [6.45, 7) is 1.86. The second kappa shape index (κ2) is 5.16. The van der Waals surface area contributed by atoms with Crippen molar-refractivity contribution in [1.29, 1.82) is 0 Å². The number of hydrogen-bond acceptors (Lipinski definition) is 3. The van der Waals surface area contributed by atoms with Crippen LogP contribution in [0.2, 0.25) is 0 Å². The smallest absolute Gasteiger partial charge is 0.252 e. The SMILES string of the molecule is CCC=CP(=O)(OCl)OCl. The minimum atomic E-state index is -3.35. The molecule has 0 unspecified atom stereocenters. The number of halogens is 2. The second-order valence-electron chi connectivity index (χ2n) is 1.47. The van der Waals surface area contributed by atoms with Gasteiger partial charge in [-0.05, 0) is 6.42 Å². The molecule has 0 bridgehead atoms. The summed E-state index contributed by atoms with van der Waals surface area (Å²) < 4.78 is 18.9.